The lowest BCUT2D eigenvalue weighted by Crippen LogP contribution is -2.23. The Labute approximate surface area is 158 Å². The monoisotopic (exact) mass is 369 g/mol. The van der Waals surface area contributed by atoms with Gasteiger partial charge in [-0.15, -0.1) is 0 Å². The van der Waals surface area contributed by atoms with E-state index in [-0.39, 0.29) is 13.2 Å². The van der Waals surface area contributed by atoms with Crippen LogP contribution < -0.4 is 0 Å². The summed E-state index contributed by atoms with van der Waals surface area (Å²) in [6.07, 6.45) is -0.173. The molecule has 0 aliphatic rings. The molecule has 0 aliphatic carbocycles. The number of esters is 2. The quantitative estimate of drug-likeness (QED) is 0.381. The first kappa shape index (κ1) is 20.2. The van der Waals surface area contributed by atoms with Gasteiger partial charge in [-0.3, -0.25) is 0 Å². The molecule has 0 saturated carbocycles. The van der Waals surface area contributed by atoms with Crippen LogP contribution in [0, 0.1) is 0 Å². The van der Waals surface area contributed by atoms with Crippen molar-refractivity contribution in [3.05, 3.63) is 71.8 Å². The number of carbonyl (C=O) groups is 2. The first-order valence-electron chi connectivity index (χ1n) is 8.67. The Bertz CT molecular complexity index is 755. The lowest BCUT2D eigenvalue weighted by molar-refractivity contribution is -0.0194. The van der Waals surface area contributed by atoms with Crippen molar-refractivity contribution >= 4 is 17.7 Å². The van der Waals surface area contributed by atoms with E-state index in [0.29, 0.717) is 17.5 Å². The van der Waals surface area contributed by atoms with Crippen molar-refractivity contribution < 1.29 is 23.9 Å². The highest BCUT2D eigenvalue weighted by molar-refractivity contribution is 5.89. The third kappa shape index (κ3) is 7.32. The summed E-state index contributed by atoms with van der Waals surface area (Å²) in [5.74, 6) is -0.853. The molecule has 142 valence electrons. The van der Waals surface area contributed by atoms with Crippen LogP contribution in [0.3, 0.4) is 0 Å². The van der Waals surface area contributed by atoms with Crippen molar-refractivity contribution in [1.29, 1.82) is 0 Å². The van der Waals surface area contributed by atoms with Crippen LogP contribution in [0.2, 0.25) is 0 Å². The molecule has 0 amide bonds. The van der Waals surface area contributed by atoms with E-state index in [9.17, 15) is 9.59 Å². The maximum atomic E-state index is 12.1. The van der Waals surface area contributed by atoms with E-state index < -0.39 is 18.0 Å². The molecule has 0 spiro atoms. The van der Waals surface area contributed by atoms with E-state index in [1.807, 2.05) is 12.1 Å². The van der Waals surface area contributed by atoms with Crippen LogP contribution in [0.5, 0.6) is 0 Å². The van der Waals surface area contributed by atoms with Crippen LogP contribution >= 0.6 is 0 Å². The molecule has 0 fully saturated rings. The van der Waals surface area contributed by atoms with Gasteiger partial charge in [0.15, 0.2) is 6.10 Å². The fraction of sp³-hybridized carbons (Fsp3) is 0.286. The Hall–Kier alpha value is -3.15. The third-order valence-corrected chi connectivity index (χ3v) is 3.48. The van der Waals surface area contributed by atoms with E-state index >= 15 is 0 Å². The van der Waals surface area contributed by atoms with Crippen molar-refractivity contribution in [2.24, 2.45) is 5.16 Å². The molecule has 6 heteroatoms. The highest BCUT2D eigenvalue weighted by Gasteiger charge is 2.16. The summed E-state index contributed by atoms with van der Waals surface area (Å²) in [5, 5.41) is 3.92. The number of oxime groups is 1. The largest absolute Gasteiger partial charge is 0.462 e. The molecule has 0 saturated heterocycles. The second-order valence-corrected chi connectivity index (χ2v) is 6.02. The number of hydrogen-bond donors (Lipinski definition) is 0. The van der Waals surface area contributed by atoms with Gasteiger partial charge in [0.2, 0.25) is 0 Å². The first-order chi connectivity index (χ1) is 13.1. The zero-order chi connectivity index (χ0) is 19.5. The Morgan fingerprint density at radius 2 is 1.37 bits per heavy atom. The van der Waals surface area contributed by atoms with Crippen molar-refractivity contribution in [2.45, 2.75) is 26.4 Å². The second kappa shape index (κ2) is 10.8. The molecular weight excluding hydrogens is 346 g/mol. The SMILES string of the molecule is CC(C)=NO[C@@H](CCOC(=O)c1ccccc1)COC(=O)c1ccccc1. The Balaban J connectivity index is 1.85. The predicted molar refractivity (Wildman–Crippen MR) is 102 cm³/mol. The fourth-order valence-corrected chi connectivity index (χ4v) is 2.11. The molecule has 0 aliphatic heterocycles. The Kier molecular flexibility index (Phi) is 8.03. The van der Waals surface area contributed by atoms with Crippen LogP contribution in [-0.2, 0) is 14.3 Å². The van der Waals surface area contributed by atoms with Crippen LogP contribution in [0.4, 0.5) is 0 Å². The van der Waals surface area contributed by atoms with Gasteiger partial charge in [-0.2, -0.15) is 0 Å². The Morgan fingerprint density at radius 1 is 0.852 bits per heavy atom. The minimum Gasteiger partial charge on any atom is -0.462 e. The van der Waals surface area contributed by atoms with Crippen LogP contribution in [-0.4, -0.2) is 37.0 Å². The molecule has 0 heterocycles. The molecule has 1 atom stereocenters. The van der Waals surface area contributed by atoms with Gasteiger partial charge in [0, 0.05) is 6.42 Å². The maximum Gasteiger partial charge on any atom is 0.338 e. The number of ether oxygens (including phenoxy) is 2. The van der Waals surface area contributed by atoms with E-state index in [2.05, 4.69) is 5.16 Å². The molecule has 0 radical (unpaired) electrons. The molecule has 2 aromatic carbocycles. The van der Waals surface area contributed by atoms with Crippen molar-refractivity contribution in [2.75, 3.05) is 13.2 Å². The summed E-state index contributed by atoms with van der Waals surface area (Å²) in [5.41, 5.74) is 1.67. The molecule has 0 aromatic heterocycles. The second-order valence-electron chi connectivity index (χ2n) is 6.02. The van der Waals surface area contributed by atoms with Gasteiger partial charge >= 0.3 is 11.9 Å². The number of benzene rings is 2. The lowest BCUT2D eigenvalue weighted by Gasteiger charge is -2.16. The summed E-state index contributed by atoms with van der Waals surface area (Å²) in [6.45, 7) is 3.72. The molecular formula is C21H23NO5. The zero-order valence-electron chi connectivity index (χ0n) is 15.5. The summed E-state index contributed by atoms with van der Waals surface area (Å²) in [4.78, 5) is 29.4. The van der Waals surface area contributed by atoms with E-state index in [1.165, 1.54) is 0 Å². The highest BCUT2D eigenvalue weighted by atomic mass is 16.7. The molecule has 6 nitrogen and oxygen atoms in total. The zero-order valence-corrected chi connectivity index (χ0v) is 15.5. The lowest BCUT2D eigenvalue weighted by atomic mass is 10.2. The maximum absolute atomic E-state index is 12.1. The van der Waals surface area contributed by atoms with Gasteiger partial charge in [0.1, 0.15) is 6.61 Å². The van der Waals surface area contributed by atoms with Gasteiger partial charge in [0.25, 0.3) is 0 Å². The van der Waals surface area contributed by atoms with Crippen LogP contribution in [0.1, 0.15) is 41.0 Å². The number of hydrogen-bond acceptors (Lipinski definition) is 6. The highest BCUT2D eigenvalue weighted by Crippen LogP contribution is 2.08. The Morgan fingerprint density at radius 3 is 1.89 bits per heavy atom. The number of carbonyl (C=O) groups excluding carboxylic acids is 2. The predicted octanol–water partition coefficient (Wildman–Crippen LogP) is 3.87. The van der Waals surface area contributed by atoms with Gasteiger partial charge in [-0.25, -0.2) is 9.59 Å². The molecule has 2 aromatic rings. The normalized spacial score (nSPS) is 11.2. The summed E-state index contributed by atoms with van der Waals surface area (Å²) in [7, 11) is 0. The van der Waals surface area contributed by atoms with E-state index in [1.54, 1.807) is 62.4 Å². The van der Waals surface area contributed by atoms with E-state index in [4.69, 9.17) is 14.3 Å². The third-order valence-electron chi connectivity index (χ3n) is 3.48. The smallest absolute Gasteiger partial charge is 0.338 e. The minimum absolute atomic E-state index is 0.00734. The summed E-state index contributed by atoms with van der Waals surface area (Å²) in [6, 6.07) is 17.4. The topological polar surface area (TPSA) is 74.2 Å². The van der Waals surface area contributed by atoms with Gasteiger partial charge in [-0.1, -0.05) is 41.6 Å². The number of nitrogens with zero attached hydrogens (tertiary/aromatic N) is 1. The van der Waals surface area contributed by atoms with Gasteiger partial charge < -0.3 is 14.3 Å². The molecule has 0 unspecified atom stereocenters. The summed E-state index contributed by atoms with van der Waals surface area (Å²) >= 11 is 0. The molecule has 2 rings (SSSR count). The van der Waals surface area contributed by atoms with Crippen molar-refractivity contribution in [3.8, 4) is 0 Å². The standard InChI is InChI=1S/C21H23NO5/c1-16(2)22-27-19(15-26-21(24)18-11-7-4-8-12-18)13-14-25-20(23)17-9-5-3-6-10-17/h3-12,19H,13-15H2,1-2H3/t19-/m0/s1. The summed E-state index contributed by atoms with van der Waals surface area (Å²) < 4.78 is 10.5. The van der Waals surface area contributed by atoms with Crippen molar-refractivity contribution in [3.63, 3.8) is 0 Å². The van der Waals surface area contributed by atoms with Crippen molar-refractivity contribution in [1.82, 2.24) is 0 Å². The van der Waals surface area contributed by atoms with Gasteiger partial charge in [0.05, 0.1) is 23.4 Å². The average molecular weight is 369 g/mol. The average Bonchev–Trinajstić information content (AvgIpc) is 2.70. The molecule has 0 bridgehead atoms. The molecule has 27 heavy (non-hydrogen) atoms. The fourth-order valence-electron chi connectivity index (χ4n) is 2.11. The number of rotatable bonds is 9. The van der Waals surface area contributed by atoms with Gasteiger partial charge in [-0.05, 0) is 38.1 Å². The van der Waals surface area contributed by atoms with Crippen LogP contribution in [0.15, 0.2) is 65.8 Å². The van der Waals surface area contributed by atoms with E-state index in [0.717, 1.165) is 5.71 Å². The minimum atomic E-state index is -0.517. The van der Waals surface area contributed by atoms with Crippen LogP contribution in [0.25, 0.3) is 0 Å². The first-order valence-corrected chi connectivity index (χ1v) is 8.67. The molecule has 0 N–H and O–H groups in total.